The van der Waals surface area contributed by atoms with Crippen LogP contribution in [0.3, 0.4) is 0 Å². The van der Waals surface area contributed by atoms with Crippen LogP contribution in [-0.4, -0.2) is 40.7 Å². The van der Waals surface area contributed by atoms with E-state index >= 15 is 0 Å². The Bertz CT molecular complexity index is 1140. The molecule has 0 saturated carbocycles. The molecule has 0 spiro atoms. The van der Waals surface area contributed by atoms with E-state index in [9.17, 15) is 22.8 Å². The first kappa shape index (κ1) is 22.4. The fraction of sp³-hybridized carbons (Fsp3) is 0.250. The highest BCUT2D eigenvalue weighted by atomic mass is 35.5. The van der Waals surface area contributed by atoms with E-state index in [4.69, 9.17) is 16.0 Å². The van der Waals surface area contributed by atoms with Gasteiger partial charge in [0, 0.05) is 12.1 Å². The predicted octanol–water partition coefficient (Wildman–Crippen LogP) is 4.50. The molecule has 2 aromatic heterocycles. The van der Waals surface area contributed by atoms with E-state index in [0.29, 0.717) is 4.68 Å². The highest BCUT2D eigenvalue weighted by molar-refractivity contribution is 6.30. The van der Waals surface area contributed by atoms with Gasteiger partial charge in [0.2, 0.25) is 0 Å². The number of furan rings is 1. The van der Waals surface area contributed by atoms with Gasteiger partial charge in [0.05, 0.1) is 31.1 Å². The van der Waals surface area contributed by atoms with E-state index in [1.54, 1.807) is 0 Å². The number of carbonyl (C=O) groups is 2. The normalized spacial score (nSPS) is 11.5. The molecule has 0 fully saturated rings. The zero-order chi connectivity index (χ0) is 22.9. The number of amides is 1. The SMILES string of the molecule is COC(=O)c1cc(CN(C)C(=O)c2cnn(-c3cccc(Cl)c3)c2C(F)(F)F)oc1C. The number of hydrogen-bond acceptors (Lipinski definition) is 5. The number of halogens is 4. The number of aryl methyl sites for hydroxylation is 1. The van der Waals surface area contributed by atoms with Crippen molar-refractivity contribution in [3.63, 3.8) is 0 Å². The lowest BCUT2D eigenvalue weighted by Gasteiger charge is -2.17. The summed E-state index contributed by atoms with van der Waals surface area (Å²) in [5.74, 6) is -1.06. The Hall–Kier alpha value is -3.27. The molecule has 7 nitrogen and oxygen atoms in total. The first-order valence-electron chi connectivity index (χ1n) is 8.87. The number of aromatic nitrogens is 2. The lowest BCUT2D eigenvalue weighted by molar-refractivity contribution is -0.143. The Morgan fingerprint density at radius 2 is 1.97 bits per heavy atom. The van der Waals surface area contributed by atoms with E-state index in [2.05, 4.69) is 9.84 Å². The van der Waals surface area contributed by atoms with Crippen LogP contribution in [0.1, 0.15) is 37.9 Å². The smallest absolute Gasteiger partial charge is 0.434 e. The number of rotatable bonds is 5. The molecular weight excluding hydrogens is 439 g/mol. The van der Waals surface area contributed by atoms with Crippen molar-refractivity contribution in [2.24, 2.45) is 0 Å². The number of benzene rings is 1. The van der Waals surface area contributed by atoms with E-state index in [-0.39, 0.29) is 34.3 Å². The topological polar surface area (TPSA) is 77.6 Å². The van der Waals surface area contributed by atoms with E-state index in [0.717, 1.165) is 11.1 Å². The molecule has 2 heterocycles. The van der Waals surface area contributed by atoms with Gasteiger partial charge in [-0.25, -0.2) is 9.48 Å². The third-order valence-electron chi connectivity index (χ3n) is 4.43. The van der Waals surface area contributed by atoms with Gasteiger partial charge in [-0.15, -0.1) is 0 Å². The fourth-order valence-corrected chi connectivity index (χ4v) is 3.21. The summed E-state index contributed by atoms with van der Waals surface area (Å²) in [6, 6.07) is 7.07. The summed E-state index contributed by atoms with van der Waals surface area (Å²) in [4.78, 5) is 25.6. The summed E-state index contributed by atoms with van der Waals surface area (Å²) in [5.41, 5.74) is -1.63. The molecular formula is C20H17ClF3N3O4. The van der Waals surface area contributed by atoms with Crippen molar-refractivity contribution in [1.82, 2.24) is 14.7 Å². The molecule has 1 amide bonds. The zero-order valence-electron chi connectivity index (χ0n) is 16.7. The summed E-state index contributed by atoms with van der Waals surface area (Å²) in [5, 5.41) is 3.99. The molecule has 3 rings (SSSR count). The minimum absolute atomic E-state index is 0.0610. The molecule has 0 unspecified atom stereocenters. The molecule has 11 heteroatoms. The molecule has 0 aliphatic heterocycles. The van der Waals surface area contributed by atoms with Gasteiger partial charge in [0.1, 0.15) is 17.1 Å². The number of ether oxygens (including phenoxy) is 1. The zero-order valence-corrected chi connectivity index (χ0v) is 17.4. The number of nitrogens with zero attached hydrogens (tertiary/aromatic N) is 3. The molecule has 0 bridgehead atoms. The molecule has 0 N–H and O–H groups in total. The van der Waals surface area contributed by atoms with Crippen LogP contribution in [0.25, 0.3) is 5.69 Å². The number of esters is 1. The van der Waals surface area contributed by atoms with Gasteiger partial charge in [0.15, 0.2) is 5.69 Å². The first-order chi connectivity index (χ1) is 14.5. The van der Waals surface area contributed by atoms with Gasteiger partial charge < -0.3 is 14.1 Å². The van der Waals surface area contributed by atoms with Gasteiger partial charge in [-0.2, -0.15) is 18.3 Å². The van der Waals surface area contributed by atoms with Gasteiger partial charge in [-0.3, -0.25) is 4.79 Å². The predicted molar refractivity (Wildman–Crippen MR) is 104 cm³/mol. The second kappa shape index (κ2) is 8.46. The Morgan fingerprint density at radius 1 is 1.26 bits per heavy atom. The van der Waals surface area contributed by atoms with Gasteiger partial charge in [0.25, 0.3) is 5.91 Å². The van der Waals surface area contributed by atoms with Crippen LogP contribution in [0.5, 0.6) is 0 Å². The molecule has 3 aromatic rings. The van der Waals surface area contributed by atoms with Crippen molar-refractivity contribution in [3.8, 4) is 5.69 Å². The average Bonchev–Trinajstić information content (AvgIpc) is 3.30. The van der Waals surface area contributed by atoms with Crippen molar-refractivity contribution < 1.29 is 31.9 Å². The lowest BCUT2D eigenvalue weighted by Crippen LogP contribution is -2.28. The van der Waals surface area contributed by atoms with Crippen LogP contribution >= 0.6 is 11.6 Å². The Labute approximate surface area is 179 Å². The molecule has 164 valence electrons. The molecule has 0 radical (unpaired) electrons. The van der Waals surface area contributed by atoms with E-state index < -0.39 is 29.3 Å². The Balaban J connectivity index is 1.93. The van der Waals surface area contributed by atoms with Crippen molar-refractivity contribution in [3.05, 3.63) is 69.9 Å². The van der Waals surface area contributed by atoms with Gasteiger partial charge in [-0.05, 0) is 31.2 Å². The van der Waals surface area contributed by atoms with E-state index in [1.165, 1.54) is 51.4 Å². The summed E-state index contributed by atoms with van der Waals surface area (Å²) in [6.07, 6.45) is -4.00. The minimum atomic E-state index is -4.86. The standard InChI is InChI=1S/C20H17ClF3N3O4/c1-11-15(19(29)30-3)8-14(31-11)10-26(2)18(28)16-9-25-27(17(16)20(22,23)24)13-6-4-5-12(21)7-13/h4-9H,10H2,1-3H3. The number of alkyl halides is 3. The van der Waals surface area contributed by atoms with Crippen molar-refractivity contribution in [2.45, 2.75) is 19.6 Å². The van der Waals surface area contributed by atoms with Gasteiger partial charge in [-0.1, -0.05) is 17.7 Å². The molecule has 0 aliphatic carbocycles. The second-order valence-corrected chi connectivity index (χ2v) is 7.07. The molecule has 1 aromatic carbocycles. The van der Waals surface area contributed by atoms with Crippen molar-refractivity contribution in [1.29, 1.82) is 0 Å². The minimum Gasteiger partial charge on any atom is -0.465 e. The van der Waals surface area contributed by atoms with Crippen LogP contribution in [-0.2, 0) is 17.5 Å². The van der Waals surface area contributed by atoms with Crippen LogP contribution in [0.4, 0.5) is 13.2 Å². The van der Waals surface area contributed by atoms with Crippen LogP contribution in [0.15, 0.2) is 40.9 Å². The summed E-state index contributed by atoms with van der Waals surface area (Å²) >= 11 is 5.88. The highest BCUT2D eigenvalue weighted by Crippen LogP contribution is 2.34. The third-order valence-corrected chi connectivity index (χ3v) is 4.67. The third kappa shape index (κ3) is 4.58. The summed E-state index contributed by atoms with van der Waals surface area (Å²) < 4.78 is 52.2. The summed E-state index contributed by atoms with van der Waals surface area (Å²) in [6.45, 7) is 1.37. The maximum atomic E-state index is 13.8. The van der Waals surface area contributed by atoms with Crippen LogP contribution in [0.2, 0.25) is 5.02 Å². The second-order valence-electron chi connectivity index (χ2n) is 6.63. The molecule has 0 atom stereocenters. The number of carbonyl (C=O) groups excluding carboxylic acids is 2. The quantitative estimate of drug-likeness (QED) is 0.529. The summed E-state index contributed by atoms with van der Waals surface area (Å²) in [7, 11) is 2.52. The maximum absolute atomic E-state index is 13.8. The number of methoxy groups -OCH3 is 1. The largest absolute Gasteiger partial charge is 0.465 e. The van der Waals surface area contributed by atoms with Crippen LogP contribution < -0.4 is 0 Å². The monoisotopic (exact) mass is 455 g/mol. The molecule has 31 heavy (non-hydrogen) atoms. The maximum Gasteiger partial charge on any atom is 0.434 e. The molecule has 0 aliphatic rings. The van der Waals surface area contributed by atoms with Crippen LogP contribution in [0, 0.1) is 6.92 Å². The number of hydrogen-bond donors (Lipinski definition) is 0. The van der Waals surface area contributed by atoms with Crippen molar-refractivity contribution >= 4 is 23.5 Å². The Kier molecular flexibility index (Phi) is 6.12. The Morgan fingerprint density at radius 3 is 2.58 bits per heavy atom. The van der Waals surface area contributed by atoms with Gasteiger partial charge >= 0.3 is 12.1 Å². The molecule has 0 saturated heterocycles. The first-order valence-corrected chi connectivity index (χ1v) is 9.25. The van der Waals surface area contributed by atoms with E-state index in [1.807, 2.05) is 0 Å². The fourth-order valence-electron chi connectivity index (χ4n) is 3.03. The lowest BCUT2D eigenvalue weighted by atomic mass is 10.2. The average molecular weight is 456 g/mol. The van der Waals surface area contributed by atoms with Crippen molar-refractivity contribution in [2.75, 3.05) is 14.2 Å². The highest BCUT2D eigenvalue weighted by Gasteiger charge is 2.41.